The number of carbonyl (C=O) groups is 3. The van der Waals surface area contributed by atoms with Crippen molar-refractivity contribution < 1.29 is 23.5 Å². The van der Waals surface area contributed by atoms with Crippen molar-refractivity contribution in [1.29, 1.82) is 0 Å². The number of nitrogens with one attached hydrogen (secondary N) is 3. The van der Waals surface area contributed by atoms with Crippen molar-refractivity contribution >= 4 is 29.2 Å². The van der Waals surface area contributed by atoms with Gasteiger partial charge in [-0.3, -0.25) is 14.9 Å². The summed E-state index contributed by atoms with van der Waals surface area (Å²) in [7, 11) is 0. The molecule has 0 aliphatic rings. The van der Waals surface area contributed by atoms with Gasteiger partial charge in [0.1, 0.15) is 11.6 Å². The Hall–Kier alpha value is -4.20. The molecule has 8 heteroatoms. The Bertz CT molecular complexity index is 1060. The first-order valence-corrected chi connectivity index (χ1v) is 8.96. The largest absolute Gasteiger partial charge is 0.483 e. The van der Waals surface area contributed by atoms with Gasteiger partial charge in [0.05, 0.1) is 11.3 Å². The van der Waals surface area contributed by atoms with E-state index in [0.717, 1.165) is 0 Å². The van der Waals surface area contributed by atoms with Crippen LogP contribution < -0.4 is 20.7 Å². The lowest BCUT2D eigenvalue weighted by Crippen LogP contribution is -2.37. The molecule has 0 saturated carbocycles. The summed E-state index contributed by atoms with van der Waals surface area (Å²) in [4.78, 5) is 36.3. The van der Waals surface area contributed by atoms with E-state index in [1.54, 1.807) is 48.5 Å². The van der Waals surface area contributed by atoms with Crippen LogP contribution in [0, 0.1) is 5.82 Å². The Morgan fingerprint density at radius 3 is 2.23 bits per heavy atom. The van der Waals surface area contributed by atoms with Crippen LogP contribution in [0.5, 0.6) is 5.75 Å². The van der Waals surface area contributed by atoms with Gasteiger partial charge < -0.3 is 15.4 Å². The smallest absolute Gasteiger partial charge is 0.326 e. The number of halogens is 1. The molecule has 0 fully saturated rings. The van der Waals surface area contributed by atoms with E-state index in [1.807, 2.05) is 11.4 Å². The fraction of sp³-hybridized carbons (Fsp3) is 0.0455. The first-order valence-electron chi connectivity index (χ1n) is 8.96. The van der Waals surface area contributed by atoms with Crippen LogP contribution in [0.3, 0.4) is 0 Å². The van der Waals surface area contributed by atoms with Crippen LogP contribution in [0.25, 0.3) is 0 Å². The molecule has 3 aromatic carbocycles. The van der Waals surface area contributed by atoms with Gasteiger partial charge in [-0.15, -0.1) is 0 Å². The molecule has 30 heavy (non-hydrogen) atoms. The average Bonchev–Trinajstić information content (AvgIpc) is 2.75. The molecule has 0 aliphatic carbocycles. The van der Waals surface area contributed by atoms with Crippen molar-refractivity contribution in [2.45, 2.75) is 0 Å². The molecule has 3 aromatic rings. The lowest BCUT2D eigenvalue weighted by atomic mass is 10.2. The van der Waals surface area contributed by atoms with Crippen LogP contribution >= 0.6 is 0 Å². The minimum Gasteiger partial charge on any atom is -0.483 e. The number of hydrogen-bond acceptors (Lipinski definition) is 4. The van der Waals surface area contributed by atoms with Gasteiger partial charge in [-0.1, -0.05) is 42.5 Å². The Morgan fingerprint density at radius 1 is 0.800 bits per heavy atom. The highest BCUT2D eigenvalue weighted by Crippen LogP contribution is 2.19. The van der Waals surface area contributed by atoms with Gasteiger partial charge in [0, 0.05) is 5.69 Å². The van der Waals surface area contributed by atoms with Crippen LogP contribution in [-0.2, 0) is 4.79 Å². The summed E-state index contributed by atoms with van der Waals surface area (Å²) in [6.45, 7) is -0.514. The number of anilines is 2. The fourth-order valence-electron chi connectivity index (χ4n) is 2.52. The van der Waals surface area contributed by atoms with Crippen molar-refractivity contribution in [3.8, 4) is 5.75 Å². The van der Waals surface area contributed by atoms with E-state index >= 15 is 0 Å². The lowest BCUT2D eigenvalue weighted by molar-refractivity contribution is -0.121. The number of carbonyl (C=O) groups excluding carboxylic acids is 3. The maximum Gasteiger partial charge on any atom is 0.326 e. The zero-order valence-corrected chi connectivity index (χ0v) is 15.7. The Kier molecular flexibility index (Phi) is 6.73. The average molecular weight is 407 g/mol. The molecule has 3 N–H and O–H groups in total. The summed E-state index contributed by atoms with van der Waals surface area (Å²) in [5, 5.41) is 7.00. The van der Waals surface area contributed by atoms with Crippen LogP contribution in [0.15, 0.2) is 78.9 Å². The van der Waals surface area contributed by atoms with Gasteiger partial charge in [-0.25, -0.2) is 9.18 Å². The van der Waals surface area contributed by atoms with E-state index < -0.39 is 30.3 Å². The SMILES string of the molecule is O=C(COc1ccccc1C(=O)Nc1ccccc1)NC(=O)Nc1ccccc1F. The van der Waals surface area contributed by atoms with Crippen LogP contribution in [-0.4, -0.2) is 24.5 Å². The number of ether oxygens (including phenoxy) is 1. The van der Waals surface area contributed by atoms with Crippen LogP contribution in [0.1, 0.15) is 10.4 Å². The molecular weight excluding hydrogens is 389 g/mol. The number of benzene rings is 3. The number of rotatable bonds is 6. The molecule has 0 atom stereocenters. The number of hydrogen-bond donors (Lipinski definition) is 3. The standard InChI is InChI=1S/C22H18FN3O4/c23-17-11-5-6-12-18(17)25-22(29)26-20(27)14-30-19-13-7-4-10-16(19)21(28)24-15-8-2-1-3-9-15/h1-13H,14H2,(H,24,28)(H2,25,26,27,29). The number of urea groups is 1. The quantitative estimate of drug-likeness (QED) is 0.579. The molecule has 0 unspecified atom stereocenters. The predicted molar refractivity (Wildman–Crippen MR) is 110 cm³/mol. The van der Waals surface area contributed by atoms with E-state index in [9.17, 15) is 18.8 Å². The summed E-state index contributed by atoms with van der Waals surface area (Å²) >= 11 is 0. The monoisotopic (exact) mass is 407 g/mol. The van der Waals surface area contributed by atoms with Crippen molar-refractivity contribution in [2.24, 2.45) is 0 Å². The van der Waals surface area contributed by atoms with Gasteiger partial charge in [0.25, 0.3) is 11.8 Å². The highest BCUT2D eigenvalue weighted by Gasteiger charge is 2.15. The molecule has 7 nitrogen and oxygen atoms in total. The first-order chi connectivity index (χ1) is 14.5. The zero-order valence-electron chi connectivity index (χ0n) is 15.7. The second kappa shape index (κ2) is 9.83. The van der Waals surface area contributed by atoms with Crippen molar-refractivity contribution in [1.82, 2.24) is 5.32 Å². The topological polar surface area (TPSA) is 96.5 Å². The van der Waals surface area contributed by atoms with Gasteiger partial charge >= 0.3 is 6.03 Å². The van der Waals surface area contributed by atoms with E-state index in [-0.39, 0.29) is 17.0 Å². The van der Waals surface area contributed by atoms with Crippen molar-refractivity contribution in [2.75, 3.05) is 17.2 Å². The minimum absolute atomic E-state index is 0.0633. The van der Waals surface area contributed by atoms with E-state index in [4.69, 9.17) is 4.74 Å². The molecule has 3 rings (SSSR count). The van der Waals surface area contributed by atoms with Gasteiger partial charge in [-0.05, 0) is 36.4 Å². The van der Waals surface area contributed by atoms with Crippen LogP contribution in [0.4, 0.5) is 20.6 Å². The maximum absolute atomic E-state index is 13.5. The molecule has 0 saturated heterocycles. The molecule has 0 spiro atoms. The zero-order chi connectivity index (χ0) is 21.3. The number of imide groups is 1. The van der Waals surface area contributed by atoms with E-state index in [2.05, 4.69) is 10.6 Å². The summed E-state index contributed by atoms with van der Waals surface area (Å²) in [5.41, 5.74) is 0.775. The van der Waals surface area contributed by atoms with Gasteiger partial charge in [0.15, 0.2) is 6.61 Å². The normalized spacial score (nSPS) is 10.0. The number of para-hydroxylation sites is 3. The summed E-state index contributed by atoms with van der Waals surface area (Å²) in [5.74, 6) is -1.62. The third-order valence-electron chi connectivity index (χ3n) is 3.90. The van der Waals surface area contributed by atoms with Crippen molar-refractivity contribution in [3.63, 3.8) is 0 Å². The van der Waals surface area contributed by atoms with Gasteiger partial charge in [-0.2, -0.15) is 0 Å². The highest BCUT2D eigenvalue weighted by molar-refractivity contribution is 6.06. The number of amides is 4. The minimum atomic E-state index is -0.899. The Morgan fingerprint density at radius 2 is 1.47 bits per heavy atom. The molecule has 0 bridgehead atoms. The second-order valence-corrected chi connectivity index (χ2v) is 6.09. The molecule has 4 amide bonds. The molecule has 152 valence electrons. The third-order valence-corrected chi connectivity index (χ3v) is 3.90. The molecular formula is C22H18FN3O4. The second-order valence-electron chi connectivity index (χ2n) is 6.09. The van der Waals surface area contributed by atoms with Gasteiger partial charge in [0.2, 0.25) is 0 Å². The Balaban J connectivity index is 1.56. The van der Waals surface area contributed by atoms with E-state index in [1.165, 1.54) is 24.3 Å². The maximum atomic E-state index is 13.5. The summed E-state index contributed by atoms with van der Waals surface area (Å²) < 4.78 is 18.9. The highest BCUT2D eigenvalue weighted by atomic mass is 19.1. The Labute approximate surface area is 171 Å². The lowest BCUT2D eigenvalue weighted by Gasteiger charge is -2.12. The third kappa shape index (κ3) is 5.65. The summed E-state index contributed by atoms with van der Waals surface area (Å²) in [6.07, 6.45) is 0. The molecule has 0 aliphatic heterocycles. The molecule has 0 radical (unpaired) electrons. The first kappa shape index (κ1) is 20.5. The predicted octanol–water partition coefficient (Wildman–Crippen LogP) is 3.81. The summed E-state index contributed by atoms with van der Waals surface area (Å²) in [6, 6.07) is 19.9. The van der Waals surface area contributed by atoms with Crippen LogP contribution in [0.2, 0.25) is 0 Å². The van der Waals surface area contributed by atoms with E-state index in [0.29, 0.717) is 5.69 Å². The fourth-order valence-corrected chi connectivity index (χ4v) is 2.52. The molecule has 0 heterocycles. The van der Waals surface area contributed by atoms with Crippen molar-refractivity contribution in [3.05, 3.63) is 90.2 Å². The molecule has 0 aromatic heterocycles.